The van der Waals surface area contributed by atoms with Gasteiger partial charge in [0.2, 0.25) is 5.88 Å². The summed E-state index contributed by atoms with van der Waals surface area (Å²) in [4.78, 5) is 35.5. The Labute approximate surface area is 190 Å². The van der Waals surface area contributed by atoms with E-state index < -0.39 is 12.1 Å². The lowest BCUT2D eigenvalue weighted by atomic mass is 10.0. The number of carboxylic acid groups (broad SMARTS) is 1. The van der Waals surface area contributed by atoms with Gasteiger partial charge in [-0.15, -0.1) is 0 Å². The molecule has 2 rings (SSSR count). The highest BCUT2D eigenvalue weighted by Gasteiger charge is 2.24. The van der Waals surface area contributed by atoms with Gasteiger partial charge in [-0.2, -0.15) is 0 Å². The van der Waals surface area contributed by atoms with Gasteiger partial charge in [0, 0.05) is 11.8 Å². The third-order valence-electron chi connectivity index (χ3n) is 5.87. The largest absolute Gasteiger partial charge is 0.464 e. The number of ether oxygens (including phenoxy) is 1. The number of hydrogen-bond donors (Lipinski definition) is 1. The standard InChI is InChI=1S/C26H37NO5/c1-2-3-4-5-6-7-8-9-10-11-12-13-14-19-24(29)32-25-22(20-28)21-17-15-16-18-23(21)27(25)26(30)31/h15-18,20H,2-14,19H2,1H3,(H,30,31). The van der Waals surface area contributed by atoms with Gasteiger partial charge in [-0.1, -0.05) is 102 Å². The van der Waals surface area contributed by atoms with Crippen LogP contribution in [-0.4, -0.2) is 28.0 Å². The number of esters is 1. The van der Waals surface area contributed by atoms with Crippen LogP contribution in [0.4, 0.5) is 4.79 Å². The summed E-state index contributed by atoms with van der Waals surface area (Å²) < 4.78 is 6.19. The lowest BCUT2D eigenvalue weighted by Gasteiger charge is -2.07. The number of rotatable bonds is 16. The molecule has 1 aromatic heterocycles. The summed E-state index contributed by atoms with van der Waals surface area (Å²) in [5.41, 5.74) is 0.410. The monoisotopic (exact) mass is 443 g/mol. The van der Waals surface area contributed by atoms with Crippen LogP contribution in [0.3, 0.4) is 0 Å². The summed E-state index contributed by atoms with van der Waals surface area (Å²) in [5, 5.41) is 9.99. The van der Waals surface area contributed by atoms with Crippen molar-refractivity contribution in [3.8, 4) is 5.88 Å². The number of benzene rings is 1. The molecule has 176 valence electrons. The minimum Gasteiger partial charge on any atom is -0.464 e. The smallest absolute Gasteiger partial charge is 0.418 e. The van der Waals surface area contributed by atoms with Crippen molar-refractivity contribution in [3.63, 3.8) is 0 Å². The average Bonchev–Trinajstić information content (AvgIpc) is 3.09. The van der Waals surface area contributed by atoms with Crippen molar-refractivity contribution in [2.75, 3.05) is 0 Å². The maximum absolute atomic E-state index is 12.3. The van der Waals surface area contributed by atoms with E-state index in [0.717, 1.165) is 17.4 Å². The van der Waals surface area contributed by atoms with E-state index in [-0.39, 0.29) is 17.9 Å². The fourth-order valence-corrected chi connectivity index (χ4v) is 4.09. The zero-order valence-corrected chi connectivity index (χ0v) is 19.3. The van der Waals surface area contributed by atoms with Gasteiger partial charge in [0.1, 0.15) is 0 Å². The SMILES string of the molecule is CCCCCCCCCCCCCCCC(=O)Oc1c(C=O)c2ccccc2n1C(=O)O. The van der Waals surface area contributed by atoms with E-state index in [0.29, 0.717) is 23.6 Å². The van der Waals surface area contributed by atoms with Crippen molar-refractivity contribution >= 4 is 29.3 Å². The van der Waals surface area contributed by atoms with Crippen molar-refractivity contribution < 1.29 is 24.2 Å². The van der Waals surface area contributed by atoms with Crippen LogP contribution in [0, 0.1) is 0 Å². The van der Waals surface area contributed by atoms with E-state index in [1.165, 1.54) is 64.2 Å². The molecule has 1 aromatic carbocycles. The zero-order valence-electron chi connectivity index (χ0n) is 19.3. The molecule has 32 heavy (non-hydrogen) atoms. The number of aromatic nitrogens is 1. The highest BCUT2D eigenvalue weighted by atomic mass is 16.5. The Morgan fingerprint density at radius 3 is 1.94 bits per heavy atom. The minimum atomic E-state index is -1.29. The van der Waals surface area contributed by atoms with Crippen molar-refractivity contribution in [1.29, 1.82) is 0 Å². The number of carbonyl (C=O) groups is 3. The number of hydrogen-bond acceptors (Lipinski definition) is 4. The Bertz CT molecular complexity index is 870. The molecule has 1 heterocycles. The molecule has 0 saturated heterocycles. The molecule has 6 heteroatoms. The van der Waals surface area contributed by atoms with Gasteiger partial charge in [0.15, 0.2) is 6.29 Å². The second-order valence-electron chi connectivity index (χ2n) is 8.44. The molecule has 0 unspecified atom stereocenters. The highest BCUT2D eigenvalue weighted by molar-refractivity contribution is 6.05. The Balaban J connectivity index is 1.67. The van der Waals surface area contributed by atoms with Crippen molar-refractivity contribution in [2.45, 2.75) is 96.8 Å². The van der Waals surface area contributed by atoms with E-state index in [1.807, 2.05) is 0 Å². The molecule has 1 N–H and O–H groups in total. The first-order valence-corrected chi connectivity index (χ1v) is 12.1. The molecule has 0 atom stereocenters. The fraction of sp³-hybridized carbons (Fsp3) is 0.577. The number of fused-ring (bicyclic) bond motifs is 1. The van der Waals surface area contributed by atoms with Crippen LogP contribution in [0.5, 0.6) is 5.88 Å². The second kappa shape index (κ2) is 14.4. The summed E-state index contributed by atoms with van der Waals surface area (Å²) in [5.74, 6) is -0.727. The number of nitrogens with zero attached hydrogens (tertiary/aromatic N) is 1. The predicted molar refractivity (Wildman–Crippen MR) is 127 cm³/mol. The molecular formula is C26H37NO5. The van der Waals surface area contributed by atoms with E-state index >= 15 is 0 Å². The van der Waals surface area contributed by atoms with Crippen LogP contribution in [0.2, 0.25) is 0 Å². The number of carbonyl (C=O) groups excluding carboxylic acids is 2. The van der Waals surface area contributed by atoms with Gasteiger partial charge in [0.05, 0.1) is 11.1 Å². The van der Waals surface area contributed by atoms with Gasteiger partial charge >= 0.3 is 12.1 Å². The minimum absolute atomic E-state index is 0.0849. The first kappa shape index (κ1) is 25.6. The molecule has 0 aliphatic carbocycles. The normalized spacial score (nSPS) is 11.0. The van der Waals surface area contributed by atoms with Gasteiger partial charge in [-0.3, -0.25) is 9.59 Å². The molecule has 0 aliphatic heterocycles. The molecule has 2 aromatic rings. The van der Waals surface area contributed by atoms with E-state index in [1.54, 1.807) is 24.3 Å². The van der Waals surface area contributed by atoms with Crippen LogP contribution >= 0.6 is 0 Å². The molecule has 6 nitrogen and oxygen atoms in total. The van der Waals surface area contributed by atoms with Gasteiger partial charge in [0.25, 0.3) is 0 Å². The summed E-state index contributed by atoms with van der Waals surface area (Å²) in [7, 11) is 0. The van der Waals surface area contributed by atoms with Crippen molar-refractivity contribution in [2.24, 2.45) is 0 Å². The van der Waals surface area contributed by atoms with Crippen molar-refractivity contribution in [1.82, 2.24) is 4.57 Å². The molecule has 0 spiro atoms. The van der Waals surface area contributed by atoms with Gasteiger partial charge < -0.3 is 9.84 Å². The van der Waals surface area contributed by atoms with Gasteiger partial charge in [-0.25, -0.2) is 9.36 Å². The number of unbranched alkanes of at least 4 members (excludes halogenated alkanes) is 12. The zero-order chi connectivity index (χ0) is 23.2. The predicted octanol–water partition coefficient (Wildman–Crippen LogP) is 7.37. The lowest BCUT2D eigenvalue weighted by molar-refractivity contribution is -0.134. The molecular weight excluding hydrogens is 406 g/mol. The molecule has 0 bridgehead atoms. The van der Waals surface area contributed by atoms with Crippen LogP contribution in [0.25, 0.3) is 10.9 Å². The number of aldehydes is 1. The fourth-order valence-electron chi connectivity index (χ4n) is 4.09. The Hall–Kier alpha value is -2.63. The molecule has 0 aliphatic rings. The number of para-hydroxylation sites is 1. The van der Waals surface area contributed by atoms with Crippen LogP contribution in [0.1, 0.15) is 107 Å². The average molecular weight is 444 g/mol. The third-order valence-corrected chi connectivity index (χ3v) is 5.87. The first-order chi connectivity index (χ1) is 15.6. The molecule has 0 radical (unpaired) electrons. The topological polar surface area (TPSA) is 85.6 Å². The Morgan fingerprint density at radius 2 is 1.41 bits per heavy atom. The molecule has 0 saturated carbocycles. The van der Waals surface area contributed by atoms with E-state index in [9.17, 15) is 19.5 Å². The van der Waals surface area contributed by atoms with E-state index in [4.69, 9.17) is 4.74 Å². The van der Waals surface area contributed by atoms with Crippen LogP contribution < -0.4 is 4.74 Å². The Morgan fingerprint density at radius 1 is 0.875 bits per heavy atom. The summed E-state index contributed by atoms with van der Waals surface area (Å²) in [6, 6.07) is 6.61. The van der Waals surface area contributed by atoms with E-state index in [2.05, 4.69) is 6.92 Å². The highest BCUT2D eigenvalue weighted by Crippen LogP contribution is 2.31. The summed E-state index contributed by atoms with van der Waals surface area (Å²) in [6.07, 6.45) is 15.3. The maximum Gasteiger partial charge on any atom is 0.418 e. The Kier molecular flexibility index (Phi) is 11.6. The second-order valence-corrected chi connectivity index (χ2v) is 8.44. The molecule has 0 amide bonds. The molecule has 0 fully saturated rings. The quantitative estimate of drug-likeness (QED) is 0.166. The summed E-state index contributed by atoms with van der Waals surface area (Å²) in [6.45, 7) is 2.24. The summed E-state index contributed by atoms with van der Waals surface area (Å²) >= 11 is 0. The van der Waals surface area contributed by atoms with Crippen LogP contribution in [-0.2, 0) is 4.79 Å². The van der Waals surface area contributed by atoms with Crippen LogP contribution in [0.15, 0.2) is 24.3 Å². The third kappa shape index (κ3) is 7.81. The van der Waals surface area contributed by atoms with Gasteiger partial charge in [-0.05, 0) is 12.5 Å². The maximum atomic E-state index is 12.3. The van der Waals surface area contributed by atoms with Crippen molar-refractivity contribution in [3.05, 3.63) is 29.8 Å². The first-order valence-electron chi connectivity index (χ1n) is 12.1. The lowest BCUT2D eigenvalue weighted by Crippen LogP contribution is -2.16.